The summed E-state index contributed by atoms with van der Waals surface area (Å²) < 4.78 is 0. The highest BCUT2D eigenvalue weighted by atomic mass is 16.2. The van der Waals surface area contributed by atoms with Crippen molar-refractivity contribution in [3.05, 3.63) is 35.5 Å². The Hall–Kier alpha value is -1.81. The van der Waals surface area contributed by atoms with E-state index in [1.807, 2.05) is 20.0 Å². The molecule has 1 aromatic heterocycles. The summed E-state index contributed by atoms with van der Waals surface area (Å²) in [6.07, 6.45) is 0.962. The van der Waals surface area contributed by atoms with Gasteiger partial charge in [-0.05, 0) is 38.9 Å². The second kappa shape index (κ2) is 6.76. The number of hydrogen-bond donors (Lipinski definition) is 2. The predicted octanol–water partition coefficient (Wildman–Crippen LogP) is 2.82. The number of nitrogens with zero attached hydrogens (tertiary/aromatic N) is 1. The minimum absolute atomic E-state index is 0.0908. The Bertz CT molecular complexity index is 618. The van der Waals surface area contributed by atoms with Gasteiger partial charge in [-0.2, -0.15) is 0 Å². The molecule has 0 radical (unpaired) electrons. The van der Waals surface area contributed by atoms with Crippen LogP contribution in [0, 0.1) is 6.92 Å². The summed E-state index contributed by atoms with van der Waals surface area (Å²) in [5, 5.41) is 4.20. The molecule has 0 saturated carbocycles. The van der Waals surface area contributed by atoms with Crippen molar-refractivity contribution in [3.8, 4) is 0 Å². The Morgan fingerprint density at radius 2 is 2.10 bits per heavy atom. The van der Waals surface area contributed by atoms with Gasteiger partial charge in [0.15, 0.2) is 0 Å². The van der Waals surface area contributed by atoms with Crippen molar-refractivity contribution in [2.24, 2.45) is 0 Å². The number of amides is 1. The van der Waals surface area contributed by atoms with Crippen molar-refractivity contribution in [2.75, 3.05) is 13.6 Å². The summed E-state index contributed by atoms with van der Waals surface area (Å²) in [6.45, 7) is 7.61. The molecule has 1 aromatic carbocycles. The maximum absolute atomic E-state index is 12.0. The van der Waals surface area contributed by atoms with Gasteiger partial charge < -0.3 is 10.3 Å². The highest BCUT2D eigenvalue weighted by Gasteiger charge is 2.19. The first kappa shape index (κ1) is 15.6. The van der Waals surface area contributed by atoms with E-state index >= 15 is 0 Å². The molecular weight excluding hydrogens is 262 g/mol. The van der Waals surface area contributed by atoms with Crippen molar-refractivity contribution in [3.63, 3.8) is 0 Å². The van der Waals surface area contributed by atoms with Gasteiger partial charge in [0.1, 0.15) is 0 Å². The van der Waals surface area contributed by atoms with Crippen molar-refractivity contribution < 1.29 is 4.79 Å². The van der Waals surface area contributed by atoms with Gasteiger partial charge in [0.05, 0.1) is 6.04 Å². The number of aromatic nitrogens is 1. The van der Waals surface area contributed by atoms with Crippen LogP contribution >= 0.6 is 0 Å². The number of H-pyrrole nitrogens is 1. The third kappa shape index (κ3) is 3.45. The number of benzene rings is 1. The minimum atomic E-state index is -0.137. The Kier molecular flexibility index (Phi) is 5.02. The van der Waals surface area contributed by atoms with Crippen molar-refractivity contribution in [1.29, 1.82) is 0 Å². The molecule has 2 aromatic rings. The molecule has 1 amide bonds. The molecule has 1 atom stereocenters. The van der Waals surface area contributed by atoms with E-state index in [1.165, 1.54) is 16.6 Å². The highest BCUT2D eigenvalue weighted by Crippen LogP contribution is 2.22. The van der Waals surface area contributed by atoms with E-state index in [0.717, 1.165) is 25.0 Å². The fourth-order valence-electron chi connectivity index (χ4n) is 2.48. The van der Waals surface area contributed by atoms with E-state index in [1.54, 1.807) is 0 Å². The zero-order chi connectivity index (χ0) is 15.4. The average Bonchev–Trinajstić information content (AvgIpc) is 2.80. The molecule has 0 aliphatic rings. The Morgan fingerprint density at radius 3 is 2.76 bits per heavy atom. The van der Waals surface area contributed by atoms with E-state index in [2.05, 4.69) is 47.2 Å². The molecule has 0 fully saturated rings. The van der Waals surface area contributed by atoms with Crippen molar-refractivity contribution in [1.82, 2.24) is 15.2 Å². The number of rotatable bonds is 6. The molecule has 114 valence electrons. The standard InChI is InChI=1S/C17H25N3O/c1-5-10-18-17(21)13(3)20(4)11-16-12(2)14-8-6-7-9-15(14)19-16/h6-9,13,19H,5,10-11H2,1-4H3,(H,18,21)/t13-/m0/s1. The van der Waals surface area contributed by atoms with Crippen LogP contribution in [0.1, 0.15) is 31.5 Å². The van der Waals surface area contributed by atoms with Gasteiger partial charge in [0.2, 0.25) is 5.91 Å². The number of para-hydroxylation sites is 1. The maximum Gasteiger partial charge on any atom is 0.237 e. The first-order valence-corrected chi connectivity index (χ1v) is 7.58. The van der Waals surface area contributed by atoms with Gasteiger partial charge in [0.25, 0.3) is 0 Å². The topological polar surface area (TPSA) is 48.1 Å². The number of carbonyl (C=O) groups is 1. The summed E-state index contributed by atoms with van der Waals surface area (Å²) in [5.41, 5.74) is 3.59. The molecule has 0 spiro atoms. The third-order valence-electron chi connectivity index (χ3n) is 4.07. The number of hydrogen-bond acceptors (Lipinski definition) is 2. The number of likely N-dealkylation sites (N-methyl/N-ethyl adjacent to an activating group) is 1. The van der Waals surface area contributed by atoms with Crippen LogP contribution in [0.2, 0.25) is 0 Å². The normalized spacial score (nSPS) is 12.8. The summed E-state index contributed by atoms with van der Waals surface area (Å²) >= 11 is 0. The van der Waals surface area contributed by atoms with E-state index < -0.39 is 0 Å². The van der Waals surface area contributed by atoms with E-state index in [-0.39, 0.29) is 11.9 Å². The van der Waals surface area contributed by atoms with Gasteiger partial charge in [0, 0.05) is 29.7 Å². The number of nitrogens with one attached hydrogen (secondary N) is 2. The lowest BCUT2D eigenvalue weighted by atomic mass is 10.1. The molecule has 2 N–H and O–H groups in total. The lowest BCUT2D eigenvalue weighted by Gasteiger charge is -2.23. The quantitative estimate of drug-likeness (QED) is 0.858. The smallest absolute Gasteiger partial charge is 0.237 e. The number of fused-ring (bicyclic) bond motifs is 1. The average molecular weight is 287 g/mol. The predicted molar refractivity (Wildman–Crippen MR) is 87.3 cm³/mol. The van der Waals surface area contributed by atoms with Crippen molar-refractivity contribution in [2.45, 2.75) is 39.8 Å². The molecule has 0 bridgehead atoms. The van der Waals surface area contributed by atoms with E-state index in [9.17, 15) is 4.79 Å². The van der Waals surface area contributed by atoms with Crippen LogP contribution in [0.15, 0.2) is 24.3 Å². The molecule has 2 rings (SSSR count). The largest absolute Gasteiger partial charge is 0.357 e. The monoisotopic (exact) mass is 287 g/mol. The van der Waals surface area contributed by atoms with Crippen LogP contribution in [0.25, 0.3) is 10.9 Å². The highest BCUT2D eigenvalue weighted by molar-refractivity contribution is 5.84. The zero-order valence-corrected chi connectivity index (χ0v) is 13.4. The van der Waals surface area contributed by atoms with Crippen LogP contribution in [0.5, 0.6) is 0 Å². The molecule has 0 saturated heterocycles. The van der Waals surface area contributed by atoms with Crippen LogP contribution < -0.4 is 5.32 Å². The second-order valence-corrected chi connectivity index (χ2v) is 5.66. The summed E-state index contributed by atoms with van der Waals surface area (Å²) in [6, 6.07) is 8.16. The maximum atomic E-state index is 12.0. The first-order valence-electron chi connectivity index (χ1n) is 7.58. The van der Waals surface area contributed by atoms with Crippen molar-refractivity contribution >= 4 is 16.8 Å². The molecule has 0 aliphatic heterocycles. The van der Waals surface area contributed by atoms with Gasteiger partial charge >= 0.3 is 0 Å². The lowest BCUT2D eigenvalue weighted by molar-refractivity contribution is -0.125. The van der Waals surface area contributed by atoms with Gasteiger partial charge in [-0.3, -0.25) is 9.69 Å². The van der Waals surface area contributed by atoms with Crippen LogP contribution in [-0.4, -0.2) is 35.4 Å². The van der Waals surface area contributed by atoms with Gasteiger partial charge in [-0.15, -0.1) is 0 Å². The molecule has 0 unspecified atom stereocenters. The molecule has 1 heterocycles. The summed E-state index contributed by atoms with van der Waals surface area (Å²) in [7, 11) is 1.99. The Labute approximate surface area is 126 Å². The minimum Gasteiger partial charge on any atom is -0.357 e. The molecule has 0 aliphatic carbocycles. The number of aryl methyl sites for hydroxylation is 1. The second-order valence-electron chi connectivity index (χ2n) is 5.66. The fourth-order valence-corrected chi connectivity index (χ4v) is 2.48. The molecule has 21 heavy (non-hydrogen) atoms. The lowest BCUT2D eigenvalue weighted by Crippen LogP contribution is -2.43. The Balaban J connectivity index is 2.08. The van der Waals surface area contributed by atoms with E-state index in [4.69, 9.17) is 0 Å². The summed E-state index contributed by atoms with van der Waals surface area (Å²) in [5.74, 6) is 0.0908. The number of aromatic amines is 1. The first-order chi connectivity index (χ1) is 10.0. The van der Waals surface area contributed by atoms with Crippen LogP contribution in [0.4, 0.5) is 0 Å². The SMILES string of the molecule is CCCNC(=O)[C@H](C)N(C)Cc1[nH]c2ccccc2c1C. The van der Waals surface area contributed by atoms with Gasteiger partial charge in [-0.1, -0.05) is 25.1 Å². The molecule has 4 nitrogen and oxygen atoms in total. The number of carbonyl (C=O) groups excluding carboxylic acids is 1. The zero-order valence-electron chi connectivity index (χ0n) is 13.4. The summed E-state index contributed by atoms with van der Waals surface area (Å²) in [4.78, 5) is 17.6. The Morgan fingerprint density at radius 1 is 1.38 bits per heavy atom. The van der Waals surface area contributed by atoms with Crippen LogP contribution in [0.3, 0.4) is 0 Å². The molecular formula is C17H25N3O. The third-order valence-corrected chi connectivity index (χ3v) is 4.07. The fraction of sp³-hybridized carbons (Fsp3) is 0.471. The van der Waals surface area contributed by atoms with Crippen LogP contribution in [-0.2, 0) is 11.3 Å². The molecule has 4 heteroatoms. The van der Waals surface area contributed by atoms with E-state index in [0.29, 0.717) is 0 Å². The van der Waals surface area contributed by atoms with Gasteiger partial charge in [-0.25, -0.2) is 0 Å².